The van der Waals surface area contributed by atoms with Crippen LogP contribution in [0.4, 0.5) is 0 Å². The summed E-state index contributed by atoms with van der Waals surface area (Å²) >= 11 is 0. The number of rotatable bonds is 2. The minimum atomic E-state index is -0.393. The first kappa shape index (κ1) is 8.76. The molecule has 3 heteroatoms. The van der Waals surface area contributed by atoms with Gasteiger partial charge in [0.2, 0.25) is 0 Å². The van der Waals surface area contributed by atoms with Crippen LogP contribution in [0, 0.1) is 16.7 Å². The summed E-state index contributed by atoms with van der Waals surface area (Å²) in [6.45, 7) is 0.671. The number of nitriles is 1. The van der Waals surface area contributed by atoms with Gasteiger partial charge in [-0.05, 0) is 6.42 Å². The van der Waals surface area contributed by atoms with Gasteiger partial charge in [0.25, 0.3) is 0 Å². The molecule has 1 aromatic rings. The van der Waals surface area contributed by atoms with Gasteiger partial charge in [-0.3, -0.25) is 0 Å². The third-order valence-corrected chi connectivity index (χ3v) is 2.39. The molecule has 0 bridgehead atoms. The highest BCUT2D eigenvalue weighted by molar-refractivity contribution is 5.23. The van der Waals surface area contributed by atoms with Gasteiger partial charge in [0, 0.05) is 18.9 Å². The molecule has 0 fully saturated rings. The average Bonchev–Trinajstić information content (AvgIpc) is 2.72. The Bertz CT molecular complexity index is 395. The second-order valence-corrected chi connectivity index (χ2v) is 3.49. The van der Waals surface area contributed by atoms with Crippen molar-refractivity contribution in [2.24, 2.45) is 5.41 Å². The molecular formula is C11H11N3. The minimum absolute atomic E-state index is 0.393. The first-order valence-electron chi connectivity index (χ1n) is 4.56. The Morgan fingerprint density at radius 3 is 3.00 bits per heavy atom. The Hall–Kier alpha value is -1.82. The van der Waals surface area contributed by atoms with Crippen LogP contribution in [0.1, 0.15) is 6.42 Å². The molecule has 3 nitrogen and oxygen atoms in total. The van der Waals surface area contributed by atoms with Gasteiger partial charge in [-0.15, -0.1) is 0 Å². The Balaban J connectivity index is 2.19. The quantitative estimate of drug-likeness (QED) is 0.706. The summed E-state index contributed by atoms with van der Waals surface area (Å²) in [5.74, 6) is 0. The zero-order valence-electron chi connectivity index (χ0n) is 7.80. The van der Waals surface area contributed by atoms with Crippen LogP contribution < -0.4 is 0 Å². The van der Waals surface area contributed by atoms with Gasteiger partial charge in [-0.2, -0.15) is 5.26 Å². The predicted molar refractivity (Wildman–Crippen MR) is 53.2 cm³/mol. The molecule has 0 aromatic carbocycles. The van der Waals surface area contributed by atoms with Gasteiger partial charge >= 0.3 is 0 Å². The number of aromatic nitrogens is 2. The second kappa shape index (κ2) is 3.51. The lowest BCUT2D eigenvalue weighted by molar-refractivity contribution is 0.422. The molecule has 0 radical (unpaired) electrons. The van der Waals surface area contributed by atoms with Gasteiger partial charge in [0.1, 0.15) is 0 Å². The number of hydrogen-bond acceptors (Lipinski definition) is 2. The molecule has 1 aliphatic rings. The number of hydrogen-bond donors (Lipinski definition) is 0. The lowest BCUT2D eigenvalue weighted by Gasteiger charge is -2.23. The van der Waals surface area contributed by atoms with Crippen LogP contribution in [-0.2, 0) is 6.54 Å². The smallest absolute Gasteiger partial charge is 0.0969 e. The van der Waals surface area contributed by atoms with Crippen LogP contribution in [0.25, 0.3) is 0 Å². The molecule has 14 heavy (non-hydrogen) atoms. The predicted octanol–water partition coefficient (Wildman–Crippen LogP) is 1.91. The molecule has 0 N–H and O–H groups in total. The van der Waals surface area contributed by atoms with E-state index >= 15 is 0 Å². The summed E-state index contributed by atoms with van der Waals surface area (Å²) in [5, 5.41) is 9.17. The Labute approximate surface area is 83.0 Å². The molecule has 1 heterocycles. The van der Waals surface area contributed by atoms with E-state index in [0.29, 0.717) is 6.54 Å². The van der Waals surface area contributed by atoms with E-state index in [1.54, 1.807) is 12.5 Å². The maximum absolute atomic E-state index is 9.17. The Morgan fingerprint density at radius 1 is 1.50 bits per heavy atom. The van der Waals surface area contributed by atoms with Gasteiger partial charge in [0.05, 0.1) is 17.8 Å². The molecule has 70 valence electrons. The third-order valence-electron chi connectivity index (χ3n) is 2.39. The summed E-state index contributed by atoms with van der Waals surface area (Å²) in [7, 11) is 0. The van der Waals surface area contributed by atoms with Crippen LogP contribution in [0.2, 0.25) is 0 Å². The molecule has 0 saturated heterocycles. The van der Waals surface area contributed by atoms with Crippen molar-refractivity contribution < 1.29 is 0 Å². The van der Waals surface area contributed by atoms with Crippen LogP contribution in [-0.4, -0.2) is 9.55 Å². The molecule has 1 aromatic heterocycles. The maximum Gasteiger partial charge on any atom is 0.0969 e. The fourth-order valence-corrected chi connectivity index (χ4v) is 1.61. The molecule has 1 aliphatic carbocycles. The van der Waals surface area contributed by atoms with Crippen molar-refractivity contribution >= 4 is 0 Å². The molecular weight excluding hydrogens is 174 g/mol. The summed E-state index contributed by atoms with van der Waals surface area (Å²) in [6, 6.07) is 2.37. The molecule has 2 rings (SSSR count). The van der Waals surface area contributed by atoms with E-state index in [1.807, 2.05) is 35.1 Å². The minimum Gasteiger partial charge on any atom is -0.336 e. The standard InChI is InChI=1S/C11H11N3/c12-8-11(4-2-1-3-5-11)9-14-7-6-13-10-14/h1-4,6-7,10H,5,9H2. The highest BCUT2D eigenvalue weighted by Gasteiger charge is 2.27. The number of imidazole rings is 1. The highest BCUT2D eigenvalue weighted by atomic mass is 15.0. The van der Waals surface area contributed by atoms with E-state index in [4.69, 9.17) is 0 Å². The Morgan fingerprint density at radius 2 is 2.43 bits per heavy atom. The summed E-state index contributed by atoms with van der Waals surface area (Å²) in [4.78, 5) is 3.96. The maximum atomic E-state index is 9.17. The van der Waals surface area contributed by atoms with Crippen molar-refractivity contribution in [2.75, 3.05) is 0 Å². The van der Waals surface area contributed by atoms with Gasteiger partial charge < -0.3 is 4.57 Å². The van der Waals surface area contributed by atoms with E-state index in [9.17, 15) is 5.26 Å². The van der Waals surface area contributed by atoms with Gasteiger partial charge in [-0.25, -0.2) is 4.98 Å². The Kier molecular flexibility index (Phi) is 2.19. The van der Waals surface area contributed by atoms with Crippen LogP contribution in [0.5, 0.6) is 0 Å². The summed E-state index contributed by atoms with van der Waals surface area (Å²) < 4.78 is 1.94. The van der Waals surface area contributed by atoms with E-state index in [2.05, 4.69) is 11.1 Å². The fraction of sp³-hybridized carbons (Fsp3) is 0.273. The highest BCUT2D eigenvalue weighted by Crippen LogP contribution is 2.28. The van der Waals surface area contributed by atoms with E-state index in [1.165, 1.54) is 0 Å². The van der Waals surface area contributed by atoms with Crippen molar-refractivity contribution in [3.05, 3.63) is 43.0 Å². The fourth-order valence-electron chi connectivity index (χ4n) is 1.61. The van der Waals surface area contributed by atoms with E-state index in [0.717, 1.165) is 6.42 Å². The van der Waals surface area contributed by atoms with Crippen molar-refractivity contribution in [3.63, 3.8) is 0 Å². The van der Waals surface area contributed by atoms with E-state index < -0.39 is 5.41 Å². The first-order valence-corrected chi connectivity index (χ1v) is 4.56. The van der Waals surface area contributed by atoms with Crippen LogP contribution >= 0.6 is 0 Å². The van der Waals surface area contributed by atoms with Crippen LogP contribution in [0.3, 0.4) is 0 Å². The largest absolute Gasteiger partial charge is 0.336 e. The topological polar surface area (TPSA) is 41.6 Å². The average molecular weight is 185 g/mol. The van der Waals surface area contributed by atoms with Crippen molar-refractivity contribution in [1.82, 2.24) is 9.55 Å². The number of allylic oxidation sites excluding steroid dienone is 4. The van der Waals surface area contributed by atoms with Crippen molar-refractivity contribution in [3.8, 4) is 6.07 Å². The van der Waals surface area contributed by atoms with E-state index in [-0.39, 0.29) is 0 Å². The molecule has 1 unspecified atom stereocenters. The second-order valence-electron chi connectivity index (χ2n) is 3.49. The van der Waals surface area contributed by atoms with Gasteiger partial charge in [0.15, 0.2) is 0 Å². The zero-order valence-corrected chi connectivity index (χ0v) is 7.80. The monoisotopic (exact) mass is 185 g/mol. The van der Waals surface area contributed by atoms with Crippen molar-refractivity contribution in [2.45, 2.75) is 13.0 Å². The first-order chi connectivity index (χ1) is 6.85. The molecule has 0 amide bonds. The lowest BCUT2D eigenvalue weighted by Crippen LogP contribution is -2.22. The lowest BCUT2D eigenvalue weighted by atomic mass is 9.83. The number of nitrogens with zero attached hydrogens (tertiary/aromatic N) is 3. The molecule has 0 saturated carbocycles. The summed E-state index contributed by atoms with van der Waals surface area (Å²) in [5.41, 5.74) is -0.393. The third kappa shape index (κ3) is 1.60. The molecule has 0 spiro atoms. The van der Waals surface area contributed by atoms with Gasteiger partial charge in [-0.1, -0.05) is 24.3 Å². The van der Waals surface area contributed by atoms with Crippen LogP contribution in [0.15, 0.2) is 43.0 Å². The molecule has 0 aliphatic heterocycles. The molecule has 1 atom stereocenters. The normalized spacial score (nSPS) is 24.8. The summed E-state index contributed by atoms with van der Waals surface area (Å²) in [6.07, 6.45) is 14.0. The zero-order chi connectivity index (χ0) is 9.86. The SMILES string of the molecule is N#CC1(Cn2ccnc2)C=CC=CC1. The van der Waals surface area contributed by atoms with Crippen molar-refractivity contribution in [1.29, 1.82) is 5.26 Å².